The van der Waals surface area contributed by atoms with Crippen molar-refractivity contribution >= 4 is 22.9 Å². The van der Waals surface area contributed by atoms with Gasteiger partial charge in [0.2, 0.25) is 5.91 Å². The third-order valence-corrected chi connectivity index (χ3v) is 4.54. The second kappa shape index (κ2) is 7.28. The standard InChI is InChI=1S/C22H21N3O/c1-14-12-20(17-4-5-21-18(13-17)6-8-24-21)15(2)10-19(14)11-16(3)22(26)25-9-7-23/h4-6,8,10-13,24H,9H2,1-3H3,(H,25,26)/b16-11+. The first-order valence-electron chi connectivity index (χ1n) is 8.52. The lowest BCUT2D eigenvalue weighted by atomic mass is 9.93. The van der Waals surface area contributed by atoms with E-state index in [9.17, 15) is 4.79 Å². The van der Waals surface area contributed by atoms with Gasteiger partial charge in [-0.05, 0) is 78.2 Å². The predicted octanol–water partition coefficient (Wildman–Crippen LogP) is 4.49. The number of aryl methyl sites for hydroxylation is 2. The van der Waals surface area contributed by atoms with E-state index in [1.54, 1.807) is 6.92 Å². The first kappa shape index (κ1) is 17.5. The Morgan fingerprint density at radius 2 is 2.00 bits per heavy atom. The molecule has 2 N–H and O–H groups in total. The maximum Gasteiger partial charge on any atom is 0.247 e. The molecule has 0 aliphatic heterocycles. The molecule has 0 spiro atoms. The molecule has 0 radical (unpaired) electrons. The van der Waals surface area contributed by atoms with Crippen molar-refractivity contribution < 1.29 is 4.79 Å². The van der Waals surface area contributed by atoms with Gasteiger partial charge in [0.05, 0.1) is 6.07 Å². The maximum absolute atomic E-state index is 12.0. The van der Waals surface area contributed by atoms with Crippen LogP contribution in [0.1, 0.15) is 23.6 Å². The molecule has 4 heteroatoms. The molecule has 1 amide bonds. The Balaban J connectivity index is 1.95. The van der Waals surface area contributed by atoms with E-state index in [0.29, 0.717) is 5.57 Å². The molecule has 3 rings (SSSR count). The summed E-state index contributed by atoms with van der Waals surface area (Å²) in [7, 11) is 0. The number of carbonyl (C=O) groups is 1. The first-order chi connectivity index (χ1) is 12.5. The topological polar surface area (TPSA) is 68.7 Å². The Kier molecular flexibility index (Phi) is 4.90. The molecule has 0 fully saturated rings. The minimum Gasteiger partial charge on any atom is -0.361 e. The van der Waals surface area contributed by atoms with Gasteiger partial charge in [0, 0.05) is 17.3 Å². The molecule has 0 saturated carbocycles. The Hall–Kier alpha value is -3.32. The average Bonchev–Trinajstić information content (AvgIpc) is 3.10. The van der Waals surface area contributed by atoms with Gasteiger partial charge in [0.15, 0.2) is 0 Å². The van der Waals surface area contributed by atoms with Crippen molar-refractivity contribution in [2.75, 3.05) is 6.54 Å². The van der Waals surface area contributed by atoms with Gasteiger partial charge in [-0.2, -0.15) is 5.26 Å². The van der Waals surface area contributed by atoms with Crippen molar-refractivity contribution in [3.05, 3.63) is 64.9 Å². The molecule has 0 saturated heterocycles. The van der Waals surface area contributed by atoms with Gasteiger partial charge in [-0.1, -0.05) is 18.2 Å². The first-order valence-corrected chi connectivity index (χ1v) is 8.52. The highest BCUT2D eigenvalue weighted by Crippen LogP contribution is 2.29. The molecule has 2 aromatic carbocycles. The molecule has 0 aliphatic carbocycles. The second-order valence-electron chi connectivity index (χ2n) is 6.47. The number of amides is 1. The third-order valence-electron chi connectivity index (χ3n) is 4.54. The summed E-state index contributed by atoms with van der Waals surface area (Å²) in [6.45, 7) is 5.90. The van der Waals surface area contributed by atoms with Crippen molar-refractivity contribution in [1.82, 2.24) is 10.3 Å². The van der Waals surface area contributed by atoms with Crippen molar-refractivity contribution in [2.45, 2.75) is 20.8 Å². The molecule has 4 nitrogen and oxygen atoms in total. The summed E-state index contributed by atoms with van der Waals surface area (Å²) >= 11 is 0. The molecule has 0 bridgehead atoms. The number of H-pyrrole nitrogens is 1. The van der Waals surface area contributed by atoms with Crippen LogP contribution in [0.5, 0.6) is 0 Å². The monoisotopic (exact) mass is 343 g/mol. The summed E-state index contributed by atoms with van der Waals surface area (Å²) in [5.74, 6) is -0.217. The molecule has 26 heavy (non-hydrogen) atoms. The van der Waals surface area contributed by atoms with Crippen LogP contribution >= 0.6 is 0 Å². The molecule has 0 unspecified atom stereocenters. The van der Waals surface area contributed by atoms with E-state index < -0.39 is 0 Å². The van der Waals surface area contributed by atoms with Crippen LogP contribution in [0.2, 0.25) is 0 Å². The number of benzene rings is 2. The molecule has 1 aromatic heterocycles. The number of hydrogen-bond donors (Lipinski definition) is 2. The van der Waals surface area contributed by atoms with Crippen LogP contribution < -0.4 is 5.32 Å². The van der Waals surface area contributed by atoms with Gasteiger partial charge in [-0.3, -0.25) is 4.79 Å². The molecule has 130 valence electrons. The smallest absolute Gasteiger partial charge is 0.247 e. The van der Waals surface area contributed by atoms with Gasteiger partial charge in [-0.25, -0.2) is 0 Å². The highest BCUT2D eigenvalue weighted by molar-refractivity contribution is 5.97. The maximum atomic E-state index is 12.0. The predicted molar refractivity (Wildman–Crippen MR) is 105 cm³/mol. The summed E-state index contributed by atoms with van der Waals surface area (Å²) in [5, 5.41) is 12.3. The zero-order valence-electron chi connectivity index (χ0n) is 15.2. The highest BCUT2D eigenvalue weighted by atomic mass is 16.1. The van der Waals surface area contributed by atoms with E-state index in [0.717, 1.165) is 22.2 Å². The number of nitrogens with zero attached hydrogens (tertiary/aromatic N) is 1. The molecule has 0 aliphatic rings. The fourth-order valence-corrected chi connectivity index (χ4v) is 3.08. The van der Waals surface area contributed by atoms with Crippen LogP contribution in [0.15, 0.2) is 48.2 Å². The van der Waals surface area contributed by atoms with Crippen LogP contribution in [0, 0.1) is 25.2 Å². The molecule has 1 heterocycles. The van der Waals surface area contributed by atoms with Crippen molar-refractivity contribution in [3.63, 3.8) is 0 Å². The zero-order chi connectivity index (χ0) is 18.7. The number of aromatic nitrogens is 1. The number of nitrogens with one attached hydrogen (secondary N) is 2. The molecule has 0 atom stereocenters. The highest BCUT2D eigenvalue weighted by Gasteiger charge is 2.09. The van der Waals surface area contributed by atoms with Gasteiger partial charge in [-0.15, -0.1) is 0 Å². The Bertz CT molecular complexity index is 1050. The second-order valence-corrected chi connectivity index (χ2v) is 6.47. The Morgan fingerprint density at radius 3 is 2.77 bits per heavy atom. The third kappa shape index (κ3) is 3.52. The van der Waals surface area contributed by atoms with E-state index in [1.165, 1.54) is 16.5 Å². The number of hydrogen-bond acceptors (Lipinski definition) is 2. The van der Waals surface area contributed by atoms with Crippen molar-refractivity contribution in [1.29, 1.82) is 5.26 Å². The SMILES string of the molecule is C/C(=C\c1cc(C)c(-c2ccc3[nH]ccc3c2)cc1C)C(=O)NCC#N. The fraction of sp³-hybridized carbons (Fsp3) is 0.182. The van der Waals surface area contributed by atoms with Gasteiger partial charge in [0.25, 0.3) is 0 Å². The summed E-state index contributed by atoms with van der Waals surface area (Å²) in [4.78, 5) is 15.2. The van der Waals surface area contributed by atoms with Crippen molar-refractivity contribution in [3.8, 4) is 17.2 Å². The minimum atomic E-state index is -0.217. The van der Waals surface area contributed by atoms with E-state index in [2.05, 4.69) is 53.6 Å². The van der Waals surface area contributed by atoms with Crippen LogP contribution in [-0.2, 0) is 4.79 Å². The van der Waals surface area contributed by atoms with Gasteiger partial charge < -0.3 is 10.3 Å². The number of fused-ring (bicyclic) bond motifs is 1. The Labute approximate surface area is 153 Å². The number of carbonyl (C=O) groups excluding carboxylic acids is 1. The number of rotatable bonds is 4. The van der Waals surface area contributed by atoms with Gasteiger partial charge in [0.1, 0.15) is 6.54 Å². The zero-order valence-corrected chi connectivity index (χ0v) is 15.2. The number of aromatic amines is 1. The van der Waals surface area contributed by atoms with Crippen LogP contribution in [0.4, 0.5) is 0 Å². The lowest BCUT2D eigenvalue weighted by molar-refractivity contribution is -0.117. The summed E-state index contributed by atoms with van der Waals surface area (Å²) in [6, 6.07) is 14.7. The van der Waals surface area contributed by atoms with Crippen LogP contribution in [0.25, 0.3) is 28.1 Å². The quantitative estimate of drug-likeness (QED) is 0.541. The lowest BCUT2D eigenvalue weighted by Crippen LogP contribution is -2.24. The molecule has 3 aromatic rings. The van der Waals surface area contributed by atoms with Crippen LogP contribution in [-0.4, -0.2) is 17.4 Å². The van der Waals surface area contributed by atoms with Crippen LogP contribution in [0.3, 0.4) is 0 Å². The lowest BCUT2D eigenvalue weighted by Gasteiger charge is -2.12. The van der Waals surface area contributed by atoms with E-state index >= 15 is 0 Å². The average molecular weight is 343 g/mol. The molecular formula is C22H21N3O. The number of nitriles is 1. The Morgan fingerprint density at radius 1 is 1.19 bits per heavy atom. The van der Waals surface area contributed by atoms with E-state index in [-0.39, 0.29) is 12.5 Å². The normalized spacial score (nSPS) is 11.4. The summed E-state index contributed by atoms with van der Waals surface area (Å²) < 4.78 is 0. The summed E-state index contributed by atoms with van der Waals surface area (Å²) in [6.07, 6.45) is 3.81. The van der Waals surface area contributed by atoms with Crippen molar-refractivity contribution in [2.24, 2.45) is 0 Å². The summed E-state index contributed by atoms with van der Waals surface area (Å²) in [5.41, 5.74) is 7.35. The largest absolute Gasteiger partial charge is 0.361 e. The van der Waals surface area contributed by atoms with Gasteiger partial charge >= 0.3 is 0 Å². The minimum absolute atomic E-state index is 0.0165. The van der Waals surface area contributed by atoms with E-state index in [1.807, 2.05) is 25.3 Å². The van der Waals surface area contributed by atoms with E-state index in [4.69, 9.17) is 5.26 Å². The molecular weight excluding hydrogens is 322 g/mol. The fourth-order valence-electron chi connectivity index (χ4n) is 3.08.